The Kier molecular flexibility index (Phi) is 6.89. The molecule has 0 bridgehead atoms. The standard InChI is InChI=1S/C23H14ClF3N2O4/c1-32-22(31)16-4-2-3-5-19(16)29-21(30)13(12-28)10-15-7-9-20(33-15)17-11-14(23(25,26)27)6-8-18(17)24/h2-11H,1H3,(H,29,30)/b13-10+. The first-order valence-electron chi connectivity index (χ1n) is 9.21. The Labute approximate surface area is 190 Å². The minimum Gasteiger partial charge on any atom is -0.465 e. The summed E-state index contributed by atoms with van der Waals surface area (Å²) >= 11 is 6.02. The molecule has 0 radical (unpaired) electrons. The van der Waals surface area contributed by atoms with Crippen molar-refractivity contribution >= 4 is 35.2 Å². The zero-order valence-corrected chi connectivity index (χ0v) is 17.6. The Morgan fingerprint density at radius 1 is 1.15 bits per heavy atom. The fraction of sp³-hybridized carbons (Fsp3) is 0.0870. The lowest BCUT2D eigenvalue weighted by molar-refractivity contribution is -0.137. The number of amides is 1. The second-order valence-electron chi connectivity index (χ2n) is 6.56. The van der Waals surface area contributed by atoms with Gasteiger partial charge in [-0.15, -0.1) is 0 Å². The Morgan fingerprint density at radius 3 is 2.55 bits per heavy atom. The first-order valence-corrected chi connectivity index (χ1v) is 9.59. The minimum absolute atomic E-state index is 0.00102. The largest absolute Gasteiger partial charge is 0.465 e. The number of hydrogen-bond acceptors (Lipinski definition) is 5. The highest BCUT2D eigenvalue weighted by atomic mass is 35.5. The number of ether oxygens (including phenoxy) is 1. The van der Waals surface area contributed by atoms with Crippen LogP contribution in [0, 0.1) is 11.3 Å². The van der Waals surface area contributed by atoms with Crippen molar-refractivity contribution in [3.8, 4) is 17.4 Å². The molecule has 6 nitrogen and oxygen atoms in total. The van der Waals surface area contributed by atoms with Crippen LogP contribution in [0.5, 0.6) is 0 Å². The van der Waals surface area contributed by atoms with Gasteiger partial charge < -0.3 is 14.5 Å². The van der Waals surface area contributed by atoms with Crippen LogP contribution in [0.3, 0.4) is 0 Å². The van der Waals surface area contributed by atoms with Crippen molar-refractivity contribution in [3.63, 3.8) is 0 Å². The van der Waals surface area contributed by atoms with Crippen molar-refractivity contribution in [1.29, 1.82) is 5.26 Å². The normalized spacial score (nSPS) is 11.6. The summed E-state index contributed by atoms with van der Waals surface area (Å²) in [6.07, 6.45) is -3.46. The molecule has 0 aliphatic rings. The first kappa shape index (κ1) is 23.6. The molecule has 1 aromatic heterocycles. The molecule has 3 aromatic rings. The van der Waals surface area contributed by atoms with E-state index in [9.17, 15) is 28.0 Å². The van der Waals surface area contributed by atoms with E-state index in [1.165, 1.54) is 31.4 Å². The second-order valence-corrected chi connectivity index (χ2v) is 6.96. The molecule has 0 saturated heterocycles. The molecule has 0 aliphatic carbocycles. The van der Waals surface area contributed by atoms with E-state index in [4.69, 9.17) is 16.0 Å². The van der Waals surface area contributed by atoms with Crippen LogP contribution in [0.4, 0.5) is 18.9 Å². The molecule has 0 spiro atoms. The molecule has 1 heterocycles. The zero-order valence-electron chi connectivity index (χ0n) is 16.9. The van der Waals surface area contributed by atoms with E-state index < -0.39 is 23.6 Å². The van der Waals surface area contributed by atoms with Crippen LogP contribution in [0.15, 0.2) is 64.6 Å². The average molecular weight is 475 g/mol. The third kappa shape index (κ3) is 5.42. The number of para-hydroxylation sites is 1. The van der Waals surface area contributed by atoms with E-state index in [0.717, 1.165) is 24.3 Å². The van der Waals surface area contributed by atoms with Gasteiger partial charge in [-0.1, -0.05) is 23.7 Å². The predicted molar refractivity (Wildman–Crippen MR) is 114 cm³/mol. The monoisotopic (exact) mass is 474 g/mol. The van der Waals surface area contributed by atoms with Crippen LogP contribution in [-0.2, 0) is 15.7 Å². The molecule has 168 valence electrons. The number of rotatable bonds is 5. The lowest BCUT2D eigenvalue weighted by atomic mass is 10.1. The molecule has 1 amide bonds. The number of furan rings is 1. The number of nitriles is 1. The minimum atomic E-state index is -4.57. The average Bonchev–Trinajstić information content (AvgIpc) is 3.25. The summed E-state index contributed by atoms with van der Waals surface area (Å²) in [5.74, 6) is -1.46. The summed E-state index contributed by atoms with van der Waals surface area (Å²) in [6, 6.07) is 13.3. The number of nitrogens with one attached hydrogen (secondary N) is 1. The molecule has 0 atom stereocenters. The summed E-state index contributed by atoms with van der Waals surface area (Å²) < 4.78 is 49.2. The molecule has 2 aromatic carbocycles. The molecular weight excluding hydrogens is 461 g/mol. The number of hydrogen-bond donors (Lipinski definition) is 1. The predicted octanol–water partition coefficient (Wildman–Crippen LogP) is 5.95. The van der Waals surface area contributed by atoms with Crippen molar-refractivity contribution in [1.82, 2.24) is 0 Å². The number of carbonyl (C=O) groups is 2. The molecule has 3 rings (SSSR count). The van der Waals surface area contributed by atoms with Crippen molar-refractivity contribution in [2.24, 2.45) is 0 Å². The maximum Gasteiger partial charge on any atom is 0.416 e. The van der Waals surface area contributed by atoms with Gasteiger partial charge in [0.2, 0.25) is 0 Å². The Morgan fingerprint density at radius 2 is 1.88 bits per heavy atom. The number of benzene rings is 2. The number of anilines is 1. The summed E-state index contributed by atoms with van der Waals surface area (Å²) in [5, 5.41) is 11.9. The third-order valence-corrected chi connectivity index (χ3v) is 4.75. The maximum absolute atomic E-state index is 13.0. The number of alkyl halides is 3. The number of nitrogens with zero attached hydrogens (tertiary/aromatic N) is 1. The van der Waals surface area contributed by atoms with Gasteiger partial charge in [0.05, 0.1) is 28.9 Å². The zero-order chi connectivity index (χ0) is 24.2. The van der Waals surface area contributed by atoms with Gasteiger partial charge in [0, 0.05) is 11.6 Å². The molecule has 10 heteroatoms. The Bertz CT molecular complexity index is 1290. The van der Waals surface area contributed by atoms with Crippen LogP contribution in [0.1, 0.15) is 21.7 Å². The van der Waals surface area contributed by atoms with Crippen LogP contribution in [0.2, 0.25) is 5.02 Å². The smallest absolute Gasteiger partial charge is 0.416 e. The van der Waals surface area contributed by atoms with Gasteiger partial charge in [-0.3, -0.25) is 4.79 Å². The molecule has 0 saturated carbocycles. The van der Waals surface area contributed by atoms with Gasteiger partial charge >= 0.3 is 12.1 Å². The van der Waals surface area contributed by atoms with Gasteiger partial charge in [-0.25, -0.2) is 4.79 Å². The fourth-order valence-electron chi connectivity index (χ4n) is 2.83. The Balaban J connectivity index is 1.88. The third-order valence-electron chi connectivity index (χ3n) is 4.42. The first-order chi connectivity index (χ1) is 15.6. The van der Waals surface area contributed by atoms with E-state index >= 15 is 0 Å². The van der Waals surface area contributed by atoms with Gasteiger partial charge in [0.1, 0.15) is 23.2 Å². The van der Waals surface area contributed by atoms with Crippen LogP contribution < -0.4 is 5.32 Å². The fourth-order valence-corrected chi connectivity index (χ4v) is 3.04. The molecule has 0 aliphatic heterocycles. The summed E-state index contributed by atoms with van der Waals surface area (Å²) in [7, 11) is 1.19. The van der Waals surface area contributed by atoms with Crippen molar-refractivity contribution in [2.75, 3.05) is 12.4 Å². The van der Waals surface area contributed by atoms with Crippen LogP contribution in [0.25, 0.3) is 17.4 Å². The molecule has 0 fully saturated rings. The quantitative estimate of drug-likeness (QED) is 0.280. The second kappa shape index (κ2) is 9.63. The Hall–Kier alpha value is -4.03. The number of methoxy groups -OCH3 is 1. The van der Waals surface area contributed by atoms with Crippen molar-refractivity contribution in [3.05, 3.63) is 82.1 Å². The summed E-state index contributed by atoms with van der Waals surface area (Å²) in [6.45, 7) is 0. The molecule has 1 N–H and O–H groups in total. The highest BCUT2D eigenvalue weighted by Gasteiger charge is 2.31. The molecule has 0 unspecified atom stereocenters. The maximum atomic E-state index is 13.0. The van der Waals surface area contributed by atoms with Crippen molar-refractivity contribution < 1.29 is 31.9 Å². The van der Waals surface area contributed by atoms with Crippen LogP contribution in [-0.4, -0.2) is 19.0 Å². The summed E-state index contributed by atoms with van der Waals surface area (Å²) in [4.78, 5) is 24.4. The van der Waals surface area contributed by atoms with E-state index in [0.29, 0.717) is 0 Å². The lowest BCUT2D eigenvalue weighted by Crippen LogP contribution is -2.16. The lowest BCUT2D eigenvalue weighted by Gasteiger charge is -2.09. The van der Waals surface area contributed by atoms with Gasteiger partial charge in [-0.2, -0.15) is 18.4 Å². The van der Waals surface area contributed by atoms with E-state index in [2.05, 4.69) is 10.1 Å². The van der Waals surface area contributed by atoms with E-state index in [1.807, 2.05) is 0 Å². The summed E-state index contributed by atoms with van der Waals surface area (Å²) in [5.41, 5.74) is -1.06. The molecular formula is C23H14ClF3N2O4. The number of halogens is 4. The highest BCUT2D eigenvalue weighted by Crippen LogP contribution is 2.36. The number of carbonyl (C=O) groups excluding carboxylic acids is 2. The van der Waals surface area contributed by atoms with Gasteiger partial charge in [-0.05, 0) is 42.5 Å². The SMILES string of the molecule is COC(=O)c1ccccc1NC(=O)/C(C#N)=C/c1ccc(-c2cc(C(F)(F)F)ccc2Cl)o1. The van der Waals surface area contributed by atoms with Gasteiger partial charge in [0.25, 0.3) is 5.91 Å². The van der Waals surface area contributed by atoms with E-state index in [1.54, 1.807) is 18.2 Å². The topological polar surface area (TPSA) is 92.3 Å². The van der Waals surface area contributed by atoms with Crippen LogP contribution >= 0.6 is 11.6 Å². The van der Waals surface area contributed by atoms with Gasteiger partial charge in [0.15, 0.2) is 0 Å². The molecule has 33 heavy (non-hydrogen) atoms. The van der Waals surface area contributed by atoms with Crippen molar-refractivity contribution in [2.45, 2.75) is 6.18 Å². The van der Waals surface area contributed by atoms with E-state index in [-0.39, 0.29) is 38.9 Å². The number of esters is 1. The highest BCUT2D eigenvalue weighted by molar-refractivity contribution is 6.33.